The van der Waals surface area contributed by atoms with Crippen LogP contribution in [-0.2, 0) is 11.2 Å². The minimum absolute atomic E-state index is 0.150. The van der Waals surface area contributed by atoms with Crippen LogP contribution in [0.1, 0.15) is 37.5 Å². The maximum Gasteiger partial charge on any atom is 0.272 e. The molecule has 2 N–H and O–H groups in total. The lowest BCUT2D eigenvalue weighted by atomic mass is 9.89. The van der Waals surface area contributed by atoms with Gasteiger partial charge in [-0.2, -0.15) is 0 Å². The second-order valence-corrected chi connectivity index (χ2v) is 10.6. The van der Waals surface area contributed by atoms with Gasteiger partial charge < -0.3 is 15.4 Å². The molecule has 0 bridgehead atoms. The number of primary amides is 1. The molecule has 7 rings (SSSR count). The Kier molecular flexibility index (Phi) is 6.17. The Labute approximate surface area is 241 Å². The fourth-order valence-electron chi connectivity index (χ4n) is 6.10. The summed E-state index contributed by atoms with van der Waals surface area (Å²) < 4.78 is 6.97. The minimum Gasteiger partial charge on any atom is -0.378 e. The van der Waals surface area contributed by atoms with Crippen LogP contribution in [0.4, 0.5) is 0 Å². The highest BCUT2D eigenvalue weighted by Gasteiger charge is 2.30. The highest BCUT2D eigenvalue weighted by atomic mass is 16.5. The fourth-order valence-corrected chi connectivity index (χ4v) is 6.10. The van der Waals surface area contributed by atoms with Crippen molar-refractivity contribution < 1.29 is 14.3 Å². The molecular formula is C33H27N5O4. The molecule has 9 nitrogen and oxygen atoms in total. The fraction of sp³-hybridized carbons (Fsp3) is 0.182. The number of aromatic nitrogens is 3. The van der Waals surface area contributed by atoms with E-state index in [4.69, 9.17) is 10.5 Å². The quantitative estimate of drug-likeness (QED) is 0.351. The number of carbonyl (C=O) groups excluding carboxylic acids is 2. The van der Waals surface area contributed by atoms with Crippen molar-refractivity contribution in [3.8, 4) is 27.9 Å². The summed E-state index contributed by atoms with van der Waals surface area (Å²) >= 11 is 0. The zero-order chi connectivity index (χ0) is 29.0. The average molecular weight is 558 g/mol. The maximum atomic E-state index is 13.5. The van der Waals surface area contributed by atoms with E-state index in [0.717, 1.165) is 38.9 Å². The lowest BCUT2D eigenvalue weighted by Crippen LogP contribution is -2.41. The number of ether oxygens (including phenoxy) is 1. The van der Waals surface area contributed by atoms with Gasteiger partial charge in [-0.25, -0.2) is 4.98 Å². The van der Waals surface area contributed by atoms with Crippen LogP contribution >= 0.6 is 0 Å². The van der Waals surface area contributed by atoms with Crippen LogP contribution in [0.5, 0.6) is 0 Å². The summed E-state index contributed by atoms with van der Waals surface area (Å²) in [4.78, 5) is 50.0. The normalized spacial score (nSPS) is 14.1. The zero-order valence-corrected chi connectivity index (χ0v) is 23.0. The highest BCUT2D eigenvalue weighted by Crippen LogP contribution is 2.45. The van der Waals surface area contributed by atoms with Crippen molar-refractivity contribution in [3.05, 3.63) is 111 Å². The molecule has 3 aromatic carbocycles. The number of hydrogen-bond donors (Lipinski definition) is 1. The molecule has 208 valence electrons. The summed E-state index contributed by atoms with van der Waals surface area (Å²) in [6, 6.07) is 18.5. The van der Waals surface area contributed by atoms with Crippen molar-refractivity contribution in [2.45, 2.75) is 13.3 Å². The topological polar surface area (TPSA) is 120 Å². The lowest BCUT2D eigenvalue weighted by Gasteiger charge is -2.26. The molecule has 1 fully saturated rings. The minimum atomic E-state index is -0.512. The third-order valence-corrected chi connectivity index (χ3v) is 8.24. The molecule has 5 aromatic rings. The van der Waals surface area contributed by atoms with Gasteiger partial charge in [0.2, 0.25) is 5.91 Å². The molecule has 0 radical (unpaired) electrons. The Morgan fingerprint density at radius 1 is 0.929 bits per heavy atom. The molecule has 2 amide bonds. The Bertz CT molecular complexity index is 1990. The number of carbonyl (C=O) groups is 2. The van der Waals surface area contributed by atoms with Gasteiger partial charge in [0.1, 0.15) is 12.0 Å². The second kappa shape index (κ2) is 10.0. The molecule has 1 aliphatic heterocycles. The van der Waals surface area contributed by atoms with Crippen molar-refractivity contribution in [3.63, 3.8) is 0 Å². The zero-order valence-electron chi connectivity index (χ0n) is 23.0. The van der Waals surface area contributed by atoms with E-state index in [2.05, 4.69) is 9.97 Å². The summed E-state index contributed by atoms with van der Waals surface area (Å²) in [6.07, 6.45) is 3.76. The van der Waals surface area contributed by atoms with Gasteiger partial charge in [0.15, 0.2) is 0 Å². The van der Waals surface area contributed by atoms with Crippen molar-refractivity contribution in [1.82, 2.24) is 19.4 Å². The van der Waals surface area contributed by atoms with E-state index in [-0.39, 0.29) is 11.5 Å². The summed E-state index contributed by atoms with van der Waals surface area (Å²) in [5.41, 5.74) is 13.9. The van der Waals surface area contributed by atoms with Crippen LogP contribution in [0.25, 0.3) is 38.8 Å². The van der Waals surface area contributed by atoms with Gasteiger partial charge in [0.05, 0.1) is 29.8 Å². The molecule has 1 saturated heterocycles. The van der Waals surface area contributed by atoms with E-state index in [1.807, 2.05) is 55.5 Å². The number of nitrogens with zero attached hydrogens (tertiary/aromatic N) is 4. The molecule has 3 heterocycles. The molecule has 0 spiro atoms. The SMILES string of the molecule is Cc1c(-c2ccc(C(N)=O)c3c2-c2cc(C(=O)N4CCOCC4)ncc2C3)cccc1-n1cnc2ccccc2c1=O. The molecule has 42 heavy (non-hydrogen) atoms. The summed E-state index contributed by atoms with van der Waals surface area (Å²) in [5.74, 6) is -0.661. The van der Waals surface area contributed by atoms with Crippen LogP contribution in [0, 0.1) is 6.92 Å². The molecule has 0 atom stereocenters. The van der Waals surface area contributed by atoms with Crippen LogP contribution in [0.2, 0.25) is 0 Å². The predicted octanol–water partition coefficient (Wildman–Crippen LogP) is 3.90. The molecule has 2 aliphatic rings. The lowest BCUT2D eigenvalue weighted by molar-refractivity contribution is 0.0299. The van der Waals surface area contributed by atoms with Crippen molar-refractivity contribution >= 4 is 22.7 Å². The molecule has 1 aliphatic carbocycles. The molecular weight excluding hydrogens is 530 g/mol. The Balaban J connectivity index is 1.40. The smallest absolute Gasteiger partial charge is 0.272 e. The van der Waals surface area contributed by atoms with E-state index in [0.29, 0.717) is 60.6 Å². The number of para-hydroxylation sites is 1. The van der Waals surface area contributed by atoms with E-state index in [9.17, 15) is 14.4 Å². The van der Waals surface area contributed by atoms with Gasteiger partial charge in [-0.1, -0.05) is 30.3 Å². The third-order valence-electron chi connectivity index (χ3n) is 8.24. The van der Waals surface area contributed by atoms with E-state index in [1.54, 1.807) is 34.1 Å². The van der Waals surface area contributed by atoms with Crippen molar-refractivity contribution in [2.24, 2.45) is 5.73 Å². The Morgan fingerprint density at radius 2 is 1.74 bits per heavy atom. The Morgan fingerprint density at radius 3 is 2.55 bits per heavy atom. The predicted molar refractivity (Wildman–Crippen MR) is 159 cm³/mol. The number of pyridine rings is 1. The van der Waals surface area contributed by atoms with Gasteiger partial charge in [0, 0.05) is 31.3 Å². The number of rotatable bonds is 4. The summed E-state index contributed by atoms with van der Waals surface area (Å²) in [7, 11) is 0. The molecule has 9 heteroatoms. The molecule has 2 aromatic heterocycles. The summed E-state index contributed by atoms with van der Waals surface area (Å²) in [6.45, 7) is 3.99. The van der Waals surface area contributed by atoms with Gasteiger partial charge in [-0.05, 0) is 76.2 Å². The van der Waals surface area contributed by atoms with Gasteiger partial charge >= 0.3 is 0 Å². The van der Waals surface area contributed by atoms with E-state index >= 15 is 0 Å². The number of nitrogens with two attached hydrogens (primary N) is 1. The van der Waals surface area contributed by atoms with Crippen LogP contribution < -0.4 is 11.3 Å². The van der Waals surface area contributed by atoms with Crippen molar-refractivity contribution in [2.75, 3.05) is 26.3 Å². The highest BCUT2D eigenvalue weighted by molar-refractivity contribution is 6.03. The van der Waals surface area contributed by atoms with Gasteiger partial charge in [-0.15, -0.1) is 0 Å². The number of benzene rings is 3. The van der Waals surface area contributed by atoms with Crippen LogP contribution in [-0.4, -0.2) is 57.6 Å². The first-order valence-corrected chi connectivity index (χ1v) is 13.8. The number of amides is 2. The van der Waals surface area contributed by atoms with Gasteiger partial charge in [0.25, 0.3) is 11.5 Å². The number of fused-ring (bicyclic) bond motifs is 4. The standard InChI is InChI=1S/C33H27N5O4/c1-19-21(6-4-8-29(19)38-18-36-27-7-3-2-5-24(27)32(38)40)22-9-10-23(31(34)39)26-15-20-17-35-28(16-25(20)30(22)26)33(41)37-11-13-42-14-12-37/h2-10,16-18H,11-15H2,1H3,(H2,34,39). The maximum absolute atomic E-state index is 13.5. The molecule has 0 saturated carbocycles. The van der Waals surface area contributed by atoms with Gasteiger partial charge in [-0.3, -0.25) is 23.9 Å². The van der Waals surface area contributed by atoms with Crippen LogP contribution in [0.3, 0.4) is 0 Å². The van der Waals surface area contributed by atoms with Crippen molar-refractivity contribution in [1.29, 1.82) is 0 Å². The average Bonchev–Trinajstić information content (AvgIpc) is 3.40. The second-order valence-electron chi connectivity index (χ2n) is 10.6. The first kappa shape index (κ1) is 25.8. The first-order valence-electron chi connectivity index (χ1n) is 13.8. The Hall–Kier alpha value is -5.15. The van der Waals surface area contributed by atoms with E-state index < -0.39 is 5.91 Å². The van der Waals surface area contributed by atoms with E-state index in [1.165, 1.54) is 0 Å². The third kappa shape index (κ3) is 4.09. The summed E-state index contributed by atoms with van der Waals surface area (Å²) in [5, 5.41) is 0.537. The monoisotopic (exact) mass is 557 g/mol. The largest absolute Gasteiger partial charge is 0.378 e. The van der Waals surface area contributed by atoms with Crippen LogP contribution in [0.15, 0.2) is 78.0 Å². The first-order chi connectivity index (χ1) is 20.4. The number of morpholine rings is 1. The molecule has 0 unspecified atom stereocenters. The number of hydrogen-bond acceptors (Lipinski definition) is 6.